The number of benzene rings is 1. The number of hydrogen-bond donors (Lipinski definition) is 2. The number of anilines is 1. The maximum absolute atomic E-state index is 13.6. The minimum Gasteiger partial charge on any atom is -0.343 e. The number of nitrogens with one attached hydrogen (secondary N) is 1. The summed E-state index contributed by atoms with van der Waals surface area (Å²) in [5, 5.41) is 2.57. The van der Waals surface area contributed by atoms with Crippen molar-refractivity contribution in [3.63, 3.8) is 0 Å². The van der Waals surface area contributed by atoms with Crippen molar-refractivity contribution in [2.75, 3.05) is 11.4 Å². The van der Waals surface area contributed by atoms with Crippen LogP contribution in [0.5, 0.6) is 0 Å². The van der Waals surface area contributed by atoms with Crippen molar-refractivity contribution in [3.05, 3.63) is 30.1 Å². The topological polar surface area (TPSA) is 75.4 Å². The fourth-order valence-electron chi connectivity index (χ4n) is 2.03. The van der Waals surface area contributed by atoms with E-state index in [1.54, 1.807) is 25.1 Å². The van der Waals surface area contributed by atoms with E-state index in [4.69, 9.17) is 5.73 Å². The Bertz CT molecular complexity index is 510. The minimum atomic E-state index is -0.671. The highest BCUT2D eigenvalue weighted by atomic mass is 35.5. The van der Waals surface area contributed by atoms with Gasteiger partial charge in [-0.3, -0.25) is 9.59 Å². The molecule has 1 aliphatic rings. The molecule has 5 nitrogen and oxygen atoms in total. The van der Waals surface area contributed by atoms with Crippen LogP contribution in [0.4, 0.5) is 10.1 Å². The van der Waals surface area contributed by atoms with E-state index in [0.29, 0.717) is 13.0 Å². The lowest BCUT2D eigenvalue weighted by atomic mass is 10.2. The first-order valence-electron chi connectivity index (χ1n) is 6.12. The standard InChI is InChI=1S/C13H16FN3O2.ClH/c1-8(15)12(18)16-10-6-7-17(13(10)19)11-5-3-2-4-9(11)14;/h2-5,8,10H,6-7,15H2,1H3,(H,16,18);1H/t8-,10?;/m0./s1. The predicted molar refractivity (Wildman–Crippen MR) is 76.2 cm³/mol. The molecule has 1 unspecified atom stereocenters. The lowest BCUT2D eigenvalue weighted by Crippen LogP contribution is -2.47. The molecule has 2 atom stereocenters. The van der Waals surface area contributed by atoms with E-state index in [1.807, 2.05) is 0 Å². The molecule has 0 aromatic heterocycles. The Morgan fingerprint density at radius 3 is 2.75 bits per heavy atom. The number of para-hydroxylation sites is 1. The summed E-state index contributed by atoms with van der Waals surface area (Å²) in [6.45, 7) is 1.92. The fourth-order valence-corrected chi connectivity index (χ4v) is 2.03. The molecule has 20 heavy (non-hydrogen) atoms. The molecular formula is C13H17ClFN3O2. The van der Waals surface area contributed by atoms with Gasteiger partial charge in [-0.1, -0.05) is 12.1 Å². The largest absolute Gasteiger partial charge is 0.343 e. The second kappa shape index (κ2) is 6.67. The van der Waals surface area contributed by atoms with Gasteiger partial charge < -0.3 is 16.0 Å². The molecular weight excluding hydrogens is 285 g/mol. The van der Waals surface area contributed by atoms with Crippen molar-refractivity contribution in [1.82, 2.24) is 5.32 Å². The average Bonchev–Trinajstić information content (AvgIpc) is 2.72. The summed E-state index contributed by atoms with van der Waals surface area (Å²) < 4.78 is 13.6. The highest BCUT2D eigenvalue weighted by Crippen LogP contribution is 2.24. The molecule has 1 fully saturated rings. The molecule has 3 N–H and O–H groups in total. The second-order valence-electron chi connectivity index (χ2n) is 4.58. The van der Waals surface area contributed by atoms with E-state index < -0.39 is 17.9 Å². The third-order valence-electron chi connectivity index (χ3n) is 3.08. The van der Waals surface area contributed by atoms with Gasteiger partial charge >= 0.3 is 0 Å². The lowest BCUT2D eigenvalue weighted by molar-refractivity contribution is -0.127. The molecule has 0 saturated carbocycles. The molecule has 0 spiro atoms. The van der Waals surface area contributed by atoms with Crippen LogP contribution in [0.1, 0.15) is 13.3 Å². The first-order valence-corrected chi connectivity index (χ1v) is 6.12. The number of halogens is 2. The molecule has 0 aliphatic carbocycles. The van der Waals surface area contributed by atoms with Crippen LogP contribution in [0.2, 0.25) is 0 Å². The quantitative estimate of drug-likeness (QED) is 0.868. The van der Waals surface area contributed by atoms with E-state index in [0.717, 1.165) is 0 Å². The van der Waals surface area contributed by atoms with Crippen LogP contribution in [0.25, 0.3) is 0 Å². The SMILES string of the molecule is C[C@H](N)C(=O)NC1CCN(c2ccccc2F)C1=O.Cl. The summed E-state index contributed by atoms with van der Waals surface area (Å²) in [4.78, 5) is 24.9. The summed E-state index contributed by atoms with van der Waals surface area (Å²) in [7, 11) is 0. The first-order chi connectivity index (χ1) is 9.00. The Balaban J connectivity index is 0.00000200. The van der Waals surface area contributed by atoms with Gasteiger partial charge in [-0.05, 0) is 25.5 Å². The maximum Gasteiger partial charge on any atom is 0.249 e. The van der Waals surface area contributed by atoms with Crippen molar-refractivity contribution < 1.29 is 14.0 Å². The van der Waals surface area contributed by atoms with E-state index in [9.17, 15) is 14.0 Å². The van der Waals surface area contributed by atoms with Crippen LogP contribution >= 0.6 is 12.4 Å². The molecule has 1 aromatic carbocycles. The second-order valence-corrected chi connectivity index (χ2v) is 4.58. The summed E-state index contributed by atoms with van der Waals surface area (Å²) in [6, 6.07) is 4.78. The van der Waals surface area contributed by atoms with Gasteiger partial charge in [0.2, 0.25) is 11.8 Å². The Morgan fingerprint density at radius 2 is 2.15 bits per heavy atom. The van der Waals surface area contributed by atoms with Crippen LogP contribution in [0, 0.1) is 5.82 Å². The van der Waals surface area contributed by atoms with Gasteiger partial charge in [-0.15, -0.1) is 12.4 Å². The van der Waals surface area contributed by atoms with Gasteiger partial charge in [-0.2, -0.15) is 0 Å². The predicted octanol–water partition coefficient (Wildman–Crippen LogP) is 0.816. The number of carbonyl (C=O) groups is 2. The van der Waals surface area contributed by atoms with Crippen molar-refractivity contribution in [2.24, 2.45) is 5.73 Å². The molecule has 2 rings (SSSR count). The van der Waals surface area contributed by atoms with E-state index in [-0.39, 0.29) is 29.9 Å². The summed E-state index contributed by atoms with van der Waals surface area (Å²) in [5.41, 5.74) is 5.67. The molecule has 1 aromatic rings. The minimum absolute atomic E-state index is 0. The van der Waals surface area contributed by atoms with Crippen molar-refractivity contribution in [1.29, 1.82) is 0 Å². The summed E-state index contributed by atoms with van der Waals surface area (Å²) in [6.07, 6.45) is 0.450. The number of rotatable bonds is 3. The van der Waals surface area contributed by atoms with Crippen LogP contribution in [0.3, 0.4) is 0 Å². The normalized spacial score (nSPS) is 19.4. The Kier molecular flexibility index (Phi) is 5.47. The monoisotopic (exact) mass is 301 g/mol. The van der Waals surface area contributed by atoms with Crippen LogP contribution in [0.15, 0.2) is 24.3 Å². The molecule has 7 heteroatoms. The number of amides is 2. The van der Waals surface area contributed by atoms with Gasteiger partial charge in [0.25, 0.3) is 0 Å². The Labute approximate surface area is 122 Å². The molecule has 1 aliphatic heterocycles. The maximum atomic E-state index is 13.6. The molecule has 0 bridgehead atoms. The van der Waals surface area contributed by atoms with Gasteiger partial charge in [-0.25, -0.2) is 4.39 Å². The van der Waals surface area contributed by atoms with Gasteiger partial charge in [0, 0.05) is 6.54 Å². The lowest BCUT2D eigenvalue weighted by Gasteiger charge is -2.18. The van der Waals surface area contributed by atoms with Gasteiger partial charge in [0.1, 0.15) is 11.9 Å². The van der Waals surface area contributed by atoms with Gasteiger partial charge in [0.05, 0.1) is 11.7 Å². The zero-order valence-electron chi connectivity index (χ0n) is 11.0. The van der Waals surface area contributed by atoms with Crippen molar-refractivity contribution in [3.8, 4) is 0 Å². The van der Waals surface area contributed by atoms with Gasteiger partial charge in [0.15, 0.2) is 0 Å². The van der Waals surface area contributed by atoms with E-state index in [2.05, 4.69) is 5.32 Å². The zero-order valence-corrected chi connectivity index (χ0v) is 11.8. The average molecular weight is 302 g/mol. The van der Waals surface area contributed by atoms with Crippen molar-refractivity contribution in [2.45, 2.75) is 25.4 Å². The van der Waals surface area contributed by atoms with E-state index >= 15 is 0 Å². The number of carbonyl (C=O) groups excluding carboxylic acids is 2. The van der Waals surface area contributed by atoms with Crippen LogP contribution in [-0.4, -0.2) is 30.4 Å². The highest BCUT2D eigenvalue weighted by Gasteiger charge is 2.34. The molecule has 1 saturated heterocycles. The van der Waals surface area contributed by atoms with Crippen LogP contribution in [-0.2, 0) is 9.59 Å². The first kappa shape index (κ1) is 16.4. The summed E-state index contributed by atoms with van der Waals surface area (Å²) >= 11 is 0. The number of nitrogens with zero attached hydrogens (tertiary/aromatic N) is 1. The highest BCUT2D eigenvalue weighted by molar-refractivity contribution is 6.01. The fraction of sp³-hybridized carbons (Fsp3) is 0.385. The third kappa shape index (κ3) is 3.26. The summed E-state index contributed by atoms with van der Waals surface area (Å²) in [5.74, 6) is -1.14. The van der Waals surface area contributed by atoms with Crippen LogP contribution < -0.4 is 16.0 Å². The molecule has 110 valence electrons. The smallest absolute Gasteiger partial charge is 0.249 e. The Hall–Kier alpha value is -1.66. The molecule has 2 amide bonds. The number of hydrogen-bond acceptors (Lipinski definition) is 3. The zero-order chi connectivity index (χ0) is 14.0. The third-order valence-corrected chi connectivity index (χ3v) is 3.08. The Morgan fingerprint density at radius 1 is 1.50 bits per heavy atom. The molecule has 0 radical (unpaired) electrons. The molecule has 1 heterocycles. The van der Waals surface area contributed by atoms with E-state index in [1.165, 1.54) is 11.0 Å². The number of nitrogens with two attached hydrogens (primary N) is 1. The van der Waals surface area contributed by atoms with Crippen molar-refractivity contribution >= 4 is 29.9 Å².